The maximum Gasteiger partial charge on any atom is 0.228 e. The highest BCUT2D eigenvalue weighted by Crippen LogP contribution is 2.41. The van der Waals surface area contributed by atoms with Gasteiger partial charge in [-0.1, -0.05) is 30.3 Å². The van der Waals surface area contributed by atoms with Crippen LogP contribution in [0.15, 0.2) is 30.3 Å². The summed E-state index contributed by atoms with van der Waals surface area (Å²) in [6, 6.07) is 10.5. The summed E-state index contributed by atoms with van der Waals surface area (Å²) in [4.78, 5) is 14.9. The SMILES string of the molecule is Cl.NC[C@@H]1CN(C(=O)C2CC3CCC2O3)C[C@H]1c1ccccc1. The van der Waals surface area contributed by atoms with E-state index in [1.54, 1.807) is 0 Å². The predicted octanol–water partition coefficient (Wildman–Crippen LogP) is 2.18. The second-order valence-electron chi connectivity index (χ2n) is 6.97. The minimum Gasteiger partial charge on any atom is -0.374 e. The molecule has 3 fully saturated rings. The summed E-state index contributed by atoms with van der Waals surface area (Å²) in [7, 11) is 0. The first-order chi connectivity index (χ1) is 10.8. The number of hydrogen-bond acceptors (Lipinski definition) is 3. The van der Waals surface area contributed by atoms with E-state index in [1.807, 2.05) is 11.0 Å². The van der Waals surface area contributed by atoms with Crippen LogP contribution in [0.2, 0.25) is 0 Å². The first-order valence-corrected chi connectivity index (χ1v) is 8.45. The van der Waals surface area contributed by atoms with E-state index in [0.29, 0.717) is 30.4 Å². The monoisotopic (exact) mass is 336 g/mol. The first kappa shape index (κ1) is 16.7. The van der Waals surface area contributed by atoms with Crippen molar-refractivity contribution in [1.29, 1.82) is 0 Å². The van der Waals surface area contributed by atoms with Crippen LogP contribution >= 0.6 is 12.4 Å². The highest BCUT2D eigenvalue weighted by molar-refractivity contribution is 5.85. The highest BCUT2D eigenvalue weighted by atomic mass is 35.5. The van der Waals surface area contributed by atoms with E-state index in [0.717, 1.165) is 32.4 Å². The molecule has 0 radical (unpaired) electrons. The summed E-state index contributed by atoms with van der Waals surface area (Å²) >= 11 is 0. The summed E-state index contributed by atoms with van der Waals surface area (Å²) < 4.78 is 5.86. The van der Waals surface area contributed by atoms with Gasteiger partial charge in [0.25, 0.3) is 0 Å². The summed E-state index contributed by atoms with van der Waals surface area (Å²) in [5, 5.41) is 0. The Morgan fingerprint density at radius 3 is 2.61 bits per heavy atom. The van der Waals surface area contributed by atoms with E-state index >= 15 is 0 Å². The number of nitrogens with two attached hydrogens (primary N) is 1. The number of hydrogen-bond donors (Lipinski definition) is 1. The van der Waals surface area contributed by atoms with E-state index in [1.165, 1.54) is 5.56 Å². The lowest BCUT2D eigenvalue weighted by molar-refractivity contribution is -0.136. The van der Waals surface area contributed by atoms with Gasteiger partial charge in [-0.25, -0.2) is 0 Å². The zero-order chi connectivity index (χ0) is 15.1. The Balaban J connectivity index is 0.00000156. The lowest BCUT2D eigenvalue weighted by Crippen LogP contribution is -2.39. The normalized spacial score (nSPS) is 35.3. The molecule has 3 heterocycles. The summed E-state index contributed by atoms with van der Waals surface area (Å²) in [6.07, 6.45) is 3.61. The number of nitrogens with zero attached hydrogens (tertiary/aromatic N) is 1. The molecule has 1 aromatic carbocycles. The molecule has 126 valence electrons. The summed E-state index contributed by atoms with van der Waals surface area (Å²) in [6.45, 7) is 2.23. The van der Waals surface area contributed by atoms with Crippen LogP contribution in [0.3, 0.4) is 0 Å². The minimum atomic E-state index is 0. The van der Waals surface area contributed by atoms with Crippen molar-refractivity contribution in [3.63, 3.8) is 0 Å². The second kappa shape index (κ2) is 6.80. The predicted molar refractivity (Wildman–Crippen MR) is 91.6 cm³/mol. The van der Waals surface area contributed by atoms with E-state index < -0.39 is 0 Å². The standard InChI is InChI=1S/C18H24N2O2.ClH/c19-9-13-10-20(11-16(13)12-4-2-1-3-5-12)18(21)15-8-14-6-7-17(15)22-14;/h1-5,13-17H,6-11,19H2;1H/t13-,14?,15?,16+,17?;/m1./s1. The highest BCUT2D eigenvalue weighted by Gasteiger charge is 2.47. The van der Waals surface area contributed by atoms with Crippen molar-refractivity contribution in [3.05, 3.63) is 35.9 Å². The summed E-state index contributed by atoms with van der Waals surface area (Å²) in [5.74, 6) is 1.12. The number of rotatable bonds is 3. The zero-order valence-electron chi connectivity index (χ0n) is 13.3. The van der Waals surface area contributed by atoms with E-state index in [2.05, 4.69) is 24.3 Å². The van der Waals surface area contributed by atoms with Crippen molar-refractivity contribution in [1.82, 2.24) is 4.90 Å². The molecule has 5 heteroatoms. The fourth-order valence-electron chi connectivity index (χ4n) is 4.50. The molecule has 23 heavy (non-hydrogen) atoms. The fraction of sp³-hybridized carbons (Fsp3) is 0.611. The number of amides is 1. The Morgan fingerprint density at radius 1 is 1.22 bits per heavy atom. The van der Waals surface area contributed by atoms with Crippen LogP contribution in [0.25, 0.3) is 0 Å². The lowest BCUT2D eigenvalue weighted by atomic mass is 9.88. The van der Waals surface area contributed by atoms with E-state index in [-0.39, 0.29) is 24.4 Å². The van der Waals surface area contributed by atoms with Crippen molar-refractivity contribution in [2.75, 3.05) is 19.6 Å². The van der Waals surface area contributed by atoms with Gasteiger partial charge < -0.3 is 15.4 Å². The van der Waals surface area contributed by atoms with Crippen LogP contribution in [0, 0.1) is 11.8 Å². The average molecular weight is 337 g/mol. The van der Waals surface area contributed by atoms with Gasteiger partial charge in [0.1, 0.15) is 0 Å². The Morgan fingerprint density at radius 2 is 2.00 bits per heavy atom. The number of ether oxygens (including phenoxy) is 1. The van der Waals surface area contributed by atoms with Gasteiger partial charge in [-0.15, -0.1) is 12.4 Å². The van der Waals surface area contributed by atoms with Crippen LogP contribution in [-0.2, 0) is 9.53 Å². The van der Waals surface area contributed by atoms with Crippen molar-refractivity contribution in [3.8, 4) is 0 Å². The van der Waals surface area contributed by atoms with Crippen LogP contribution in [0.5, 0.6) is 0 Å². The number of carbonyl (C=O) groups excluding carboxylic acids is 1. The Kier molecular flexibility index (Phi) is 4.95. The van der Waals surface area contributed by atoms with Gasteiger partial charge in [-0.2, -0.15) is 0 Å². The Hall–Kier alpha value is -1.10. The van der Waals surface area contributed by atoms with Gasteiger partial charge in [0, 0.05) is 19.0 Å². The Labute approximate surface area is 143 Å². The molecule has 1 amide bonds. The van der Waals surface area contributed by atoms with Crippen LogP contribution < -0.4 is 5.73 Å². The van der Waals surface area contributed by atoms with Gasteiger partial charge in [-0.3, -0.25) is 4.79 Å². The minimum absolute atomic E-state index is 0. The topological polar surface area (TPSA) is 55.6 Å². The molecule has 0 aromatic heterocycles. The molecule has 3 unspecified atom stereocenters. The average Bonchev–Trinajstić information content (AvgIpc) is 3.29. The summed E-state index contributed by atoms with van der Waals surface area (Å²) in [5.41, 5.74) is 7.28. The van der Waals surface area contributed by atoms with E-state index in [4.69, 9.17) is 10.5 Å². The molecule has 0 saturated carbocycles. The maximum absolute atomic E-state index is 12.9. The molecular formula is C18H25ClN2O2. The molecule has 5 atom stereocenters. The van der Waals surface area contributed by atoms with Gasteiger partial charge in [-0.05, 0) is 37.3 Å². The van der Waals surface area contributed by atoms with Gasteiger partial charge in [0.2, 0.25) is 5.91 Å². The molecule has 0 aliphatic carbocycles. The molecule has 3 aliphatic rings. The molecule has 2 N–H and O–H groups in total. The van der Waals surface area contributed by atoms with Crippen LogP contribution in [0.1, 0.15) is 30.7 Å². The van der Waals surface area contributed by atoms with Crippen molar-refractivity contribution >= 4 is 18.3 Å². The van der Waals surface area contributed by atoms with E-state index in [9.17, 15) is 4.79 Å². The maximum atomic E-state index is 12.9. The quantitative estimate of drug-likeness (QED) is 0.920. The molecular weight excluding hydrogens is 312 g/mol. The Bertz CT molecular complexity index is 553. The zero-order valence-corrected chi connectivity index (χ0v) is 14.1. The van der Waals surface area contributed by atoms with Crippen LogP contribution in [0.4, 0.5) is 0 Å². The van der Waals surface area contributed by atoms with Gasteiger partial charge in [0.15, 0.2) is 0 Å². The fourth-order valence-corrected chi connectivity index (χ4v) is 4.50. The largest absolute Gasteiger partial charge is 0.374 e. The molecule has 4 rings (SSSR count). The van der Waals surface area contributed by atoms with Crippen molar-refractivity contribution < 1.29 is 9.53 Å². The molecule has 4 nitrogen and oxygen atoms in total. The van der Waals surface area contributed by atoms with Gasteiger partial charge in [0.05, 0.1) is 18.1 Å². The number of fused-ring (bicyclic) bond motifs is 2. The number of halogens is 1. The number of carbonyl (C=O) groups is 1. The smallest absolute Gasteiger partial charge is 0.228 e. The molecule has 3 saturated heterocycles. The third kappa shape index (κ3) is 3.00. The molecule has 2 bridgehead atoms. The van der Waals surface area contributed by atoms with Crippen LogP contribution in [-0.4, -0.2) is 42.6 Å². The van der Waals surface area contributed by atoms with Crippen molar-refractivity contribution in [2.24, 2.45) is 17.6 Å². The molecule has 1 aromatic rings. The second-order valence-corrected chi connectivity index (χ2v) is 6.97. The number of likely N-dealkylation sites (tertiary alicyclic amines) is 1. The van der Waals surface area contributed by atoms with Gasteiger partial charge >= 0.3 is 0 Å². The third-order valence-electron chi connectivity index (χ3n) is 5.71. The lowest BCUT2D eigenvalue weighted by Gasteiger charge is -2.24. The third-order valence-corrected chi connectivity index (χ3v) is 5.71. The van der Waals surface area contributed by atoms with Crippen molar-refractivity contribution in [2.45, 2.75) is 37.4 Å². The molecule has 3 aliphatic heterocycles. The molecule has 0 spiro atoms. The first-order valence-electron chi connectivity index (χ1n) is 8.45. The number of benzene rings is 1.